The molecule has 1 aromatic heterocycles. The molecule has 0 aliphatic carbocycles. The van der Waals surface area contributed by atoms with Crippen LogP contribution in [0.3, 0.4) is 0 Å². The van der Waals surface area contributed by atoms with Crippen molar-refractivity contribution >= 4 is 40.7 Å². The van der Waals surface area contributed by atoms with Crippen LogP contribution in [0.2, 0.25) is 15.1 Å². The van der Waals surface area contributed by atoms with E-state index in [1.165, 1.54) is 12.1 Å². The largest absolute Gasteiger partial charge is 0.451 e. The molecule has 0 saturated carbocycles. The van der Waals surface area contributed by atoms with Crippen molar-refractivity contribution < 1.29 is 9.21 Å². The number of hydrogen-bond acceptors (Lipinski definition) is 2. The van der Waals surface area contributed by atoms with Gasteiger partial charge in [0.1, 0.15) is 5.76 Å². The summed E-state index contributed by atoms with van der Waals surface area (Å²) in [5, 5.41) is 1.08. The van der Waals surface area contributed by atoms with Crippen LogP contribution in [0, 0.1) is 0 Å². The number of furan rings is 1. The molecule has 0 radical (unpaired) electrons. The summed E-state index contributed by atoms with van der Waals surface area (Å²) >= 11 is 17.7. The normalized spacial score (nSPS) is 10.5. The predicted octanol–water partition coefficient (Wildman–Crippen LogP) is 4.01. The summed E-state index contributed by atoms with van der Waals surface area (Å²) in [5.74, 6) is -0.183. The Hall–Kier alpha value is -1.16. The molecule has 2 rings (SSSR count). The lowest BCUT2D eigenvalue weighted by molar-refractivity contribution is 0.0974. The molecule has 1 amide bonds. The first-order valence-electron chi connectivity index (χ1n) is 4.53. The Morgan fingerprint density at radius 3 is 2.29 bits per heavy atom. The standard InChI is InChI=1S/C11H6Cl3NO2/c12-6-4-8(14)7(13)3-5(6)9-1-2-10(17-9)11(15)16/h1-4H,(H2,15,16). The highest BCUT2D eigenvalue weighted by atomic mass is 35.5. The lowest BCUT2D eigenvalue weighted by atomic mass is 10.2. The molecule has 1 heterocycles. The minimum Gasteiger partial charge on any atom is -0.451 e. The molecule has 6 heteroatoms. The van der Waals surface area contributed by atoms with Crippen LogP contribution in [-0.4, -0.2) is 5.91 Å². The van der Waals surface area contributed by atoms with Crippen molar-refractivity contribution in [3.63, 3.8) is 0 Å². The molecular formula is C11H6Cl3NO2. The molecule has 2 N–H and O–H groups in total. The van der Waals surface area contributed by atoms with Crippen LogP contribution in [0.25, 0.3) is 11.3 Å². The second-order valence-electron chi connectivity index (χ2n) is 3.27. The summed E-state index contributed by atoms with van der Waals surface area (Å²) in [6, 6.07) is 6.13. The van der Waals surface area contributed by atoms with Gasteiger partial charge in [-0.05, 0) is 24.3 Å². The van der Waals surface area contributed by atoms with Crippen LogP contribution in [-0.2, 0) is 0 Å². The molecule has 0 spiro atoms. The zero-order chi connectivity index (χ0) is 12.6. The van der Waals surface area contributed by atoms with Crippen LogP contribution in [0.4, 0.5) is 0 Å². The van der Waals surface area contributed by atoms with Crippen LogP contribution in [0.15, 0.2) is 28.7 Å². The Kier molecular flexibility index (Phi) is 3.33. The van der Waals surface area contributed by atoms with E-state index in [0.29, 0.717) is 26.4 Å². The molecular weight excluding hydrogens is 284 g/mol. The maximum Gasteiger partial charge on any atom is 0.284 e. The Bertz CT molecular complexity index is 592. The number of halogens is 3. The first-order chi connectivity index (χ1) is 7.99. The molecule has 0 bridgehead atoms. The van der Waals surface area contributed by atoms with Gasteiger partial charge in [-0.3, -0.25) is 4.79 Å². The molecule has 3 nitrogen and oxygen atoms in total. The van der Waals surface area contributed by atoms with E-state index in [2.05, 4.69) is 0 Å². The van der Waals surface area contributed by atoms with E-state index in [0.717, 1.165) is 0 Å². The number of carbonyl (C=O) groups is 1. The second-order valence-corrected chi connectivity index (χ2v) is 4.50. The van der Waals surface area contributed by atoms with Gasteiger partial charge >= 0.3 is 0 Å². The van der Waals surface area contributed by atoms with Gasteiger partial charge in [0.25, 0.3) is 5.91 Å². The van der Waals surface area contributed by atoms with Crippen LogP contribution in [0.1, 0.15) is 10.6 Å². The fourth-order valence-electron chi connectivity index (χ4n) is 1.33. The summed E-state index contributed by atoms with van der Waals surface area (Å²) in [5.41, 5.74) is 5.63. The van der Waals surface area contributed by atoms with Gasteiger partial charge in [-0.2, -0.15) is 0 Å². The Morgan fingerprint density at radius 2 is 1.71 bits per heavy atom. The van der Waals surface area contributed by atoms with Gasteiger partial charge in [-0.25, -0.2) is 0 Å². The van der Waals surface area contributed by atoms with Crippen LogP contribution >= 0.6 is 34.8 Å². The minimum absolute atomic E-state index is 0.0575. The van der Waals surface area contributed by atoms with Crippen molar-refractivity contribution in [2.24, 2.45) is 5.73 Å². The van der Waals surface area contributed by atoms with E-state index >= 15 is 0 Å². The van der Waals surface area contributed by atoms with Gasteiger partial charge < -0.3 is 10.2 Å². The third kappa shape index (κ3) is 2.41. The Morgan fingerprint density at radius 1 is 1.06 bits per heavy atom. The van der Waals surface area contributed by atoms with E-state index in [-0.39, 0.29) is 5.76 Å². The van der Waals surface area contributed by atoms with Gasteiger partial charge in [0.2, 0.25) is 0 Å². The molecule has 2 aromatic rings. The maximum absolute atomic E-state index is 10.9. The Labute approximate surface area is 112 Å². The average Bonchev–Trinajstić information content (AvgIpc) is 2.72. The molecule has 0 aliphatic rings. The fraction of sp³-hybridized carbons (Fsp3) is 0. The van der Waals surface area contributed by atoms with Crippen molar-refractivity contribution in [1.29, 1.82) is 0 Å². The minimum atomic E-state index is -0.646. The molecule has 0 unspecified atom stereocenters. The van der Waals surface area contributed by atoms with Crippen molar-refractivity contribution in [2.45, 2.75) is 0 Å². The summed E-state index contributed by atoms with van der Waals surface area (Å²) < 4.78 is 5.25. The van der Waals surface area contributed by atoms with E-state index < -0.39 is 5.91 Å². The van der Waals surface area contributed by atoms with E-state index in [4.69, 9.17) is 45.0 Å². The first-order valence-corrected chi connectivity index (χ1v) is 5.67. The first kappa shape index (κ1) is 12.3. The van der Waals surface area contributed by atoms with Gasteiger partial charge in [0, 0.05) is 5.56 Å². The molecule has 0 aliphatic heterocycles. The number of rotatable bonds is 2. The van der Waals surface area contributed by atoms with E-state index in [1.807, 2.05) is 0 Å². The average molecular weight is 291 g/mol. The summed E-state index contributed by atoms with van der Waals surface area (Å²) in [6.45, 7) is 0. The van der Waals surface area contributed by atoms with Crippen molar-refractivity contribution in [3.05, 3.63) is 45.1 Å². The van der Waals surface area contributed by atoms with E-state index in [1.54, 1.807) is 12.1 Å². The summed E-state index contributed by atoms with van der Waals surface area (Å²) in [6.07, 6.45) is 0. The lowest BCUT2D eigenvalue weighted by Gasteiger charge is -2.03. The van der Waals surface area contributed by atoms with Gasteiger partial charge in [0.05, 0.1) is 15.1 Å². The lowest BCUT2D eigenvalue weighted by Crippen LogP contribution is -2.09. The number of nitrogens with two attached hydrogens (primary N) is 1. The number of primary amides is 1. The zero-order valence-corrected chi connectivity index (χ0v) is 10.6. The third-order valence-corrected chi connectivity index (χ3v) is 3.16. The highest BCUT2D eigenvalue weighted by molar-refractivity contribution is 6.44. The number of carbonyl (C=O) groups excluding carboxylic acids is 1. The van der Waals surface area contributed by atoms with Crippen molar-refractivity contribution in [1.82, 2.24) is 0 Å². The smallest absolute Gasteiger partial charge is 0.284 e. The van der Waals surface area contributed by atoms with E-state index in [9.17, 15) is 4.79 Å². The Balaban J connectivity index is 2.52. The second kappa shape index (κ2) is 4.61. The fourth-order valence-corrected chi connectivity index (χ4v) is 1.97. The van der Waals surface area contributed by atoms with Gasteiger partial charge in [-0.1, -0.05) is 34.8 Å². The molecule has 17 heavy (non-hydrogen) atoms. The summed E-state index contributed by atoms with van der Waals surface area (Å²) in [4.78, 5) is 10.9. The topological polar surface area (TPSA) is 56.2 Å². The highest BCUT2D eigenvalue weighted by Crippen LogP contribution is 2.35. The maximum atomic E-state index is 10.9. The zero-order valence-electron chi connectivity index (χ0n) is 8.34. The van der Waals surface area contributed by atoms with Gasteiger partial charge in [-0.15, -0.1) is 0 Å². The quantitative estimate of drug-likeness (QED) is 0.850. The summed E-state index contributed by atoms with van der Waals surface area (Å²) in [7, 11) is 0. The monoisotopic (exact) mass is 289 g/mol. The molecule has 0 saturated heterocycles. The molecule has 1 aromatic carbocycles. The van der Waals surface area contributed by atoms with Crippen molar-refractivity contribution in [2.75, 3.05) is 0 Å². The molecule has 0 fully saturated rings. The van der Waals surface area contributed by atoms with Crippen LogP contribution < -0.4 is 5.73 Å². The predicted molar refractivity (Wildman–Crippen MR) is 67.7 cm³/mol. The number of hydrogen-bond donors (Lipinski definition) is 1. The molecule has 0 atom stereocenters. The molecule has 88 valence electrons. The third-order valence-electron chi connectivity index (χ3n) is 2.12. The van der Waals surface area contributed by atoms with Gasteiger partial charge in [0.15, 0.2) is 5.76 Å². The van der Waals surface area contributed by atoms with Crippen LogP contribution in [0.5, 0.6) is 0 Å². The van der Waals surface area contributed by atoms with Crippen molar-refractivity contribution in [3.8, 4) is 11.3 Å². The number of amides is 1. The number of benzene rings is 1. The SMILES string of the molecule is NC(=O)c1ccc(-c2cc(Cl)c(Cl)cc2Cl)o1. The highest BCUT2D eigenvalue weighted by Gasteiger charge is 2.13.